The predicted molar refractivity (Wildman–Crippen MR) is 90.9 cm³/mol. The van der Waals surface area contributed by atoms with Gasteiger partial charge >= 0.3 is 0 Å². The second-order valence-corrected chi connectivity index (χ2v) is 6.64. The van der Waals surface area contributed by atoms with Crippen molar-refractivity contribution in [3.05, 3.63) is 41.1 Å². The highest BCUT2D eigenvalue weighted by molar-refractivity contribution is 7.99. The van der Waals surface area contributed by atoms with Gasteiger partial charge in [-0.15, -0.1) is 5.10 Å². The first-order valence-electron chi connectivity index (χ1n) is 7.55. The van der Waals surface area contributed by atoms with Gasteiger partial charge in [-0.1, -0.05) is 11.8 Å². The van der Waals surface area contributed by atoms with E-state index in [-0.39, 0.29) is 11.7 Å². The normalized spacial score (nSPS) is 11.2. The van der Waals surface area contributed by atoms with Crippen LogP contribution in [0.2, 0.25) is 0 Å². The number of hydrogen-bond acceptors (Lipinski definition) is 6. The molecule has 0 saturated heterocycles. The largest absolute Gasteiger partial charge is 0.464 e. The number of carbonyl (C=O) groups excluding carboxylic acids is 1. The molecule has 0 radical (unpaired) electrons. The van der Waals surface area contributed by atoms with Crippen LogP contribution in [0.25, 0.3) is 5.78 Å². The number of fused-ring (bicyclic) bond motifs is 1. The van der Waals surface area contributed by atoms with E-state index in [0.717, 1.165) is 22.9 Å². The van der Waals surface area contributed by atoms with Gasteiger partial charge in [-0.3, -0.25) is 4.79 Å². The molecule has 0 aliphatic heterocycles. The van der Waals surface area contributed by atoms with E-state index in [1.54, 1.807) is 16.5 Å². The van der Waals surface area contributed by atoms with Crippen LogP contribution < -0.4 is 0 Å². The van der Waals surface area contributed by atoms with Crippen LogP contribution in [0.1, 0.15) is 22.9 Å². The van der Waals surface area contributed by atoms with Crippen molar-refractivity contribution in [1.82, 2.24) is 24.5 Å². The minimum Gasteiger partial charge on any atom is -0.464 e. The summed E-state index contributed by atoms with van der Waals surface area (Å²) in [5.74, 6) is 2.43. The second kappa shape index (κ2) is 6.64. The van der Waals surface area contributed by atoms with Crippen molar-refractivity contribution in [1.29, 1.82) is 0 Å². The fourth-order valence-electron chi connectivity index (χ4n) is 2.34. The van der Waals surface area contributed by atoms with E-state index in [1.807, 2.05) is 39.0 Å². The summed E-state index contributed by atoms with van der Waals surface area (Å²) in [5.41, 5.74) is 1.86. The Hall–Kier alpha value is -2.35. The van der Waals surface area contributed by atoms with Crippen LogP contribution in [-0.4, -0.2) is 43.2 Å². The predicted octanol–water partition coefficient (Wildman–Crippen LogP) is 2.39. The summed E-state index contributed by atoms with van der Waals surface area (Å²) >= 11 is 1.31. The first-order valence-corrected chi connectivity index (χ1v) is 8.54. The van der Waals surface area contributed by atoms with Crippen molar-refractivity contribution in [2.45, 2.75) is 32.5 Å². The smallest absolute Gasteiger partial charge is 0.253 e. The van der Waals surface area contributed by atoms with E-state index in [0.29, 0.717) is 17.5 Å². The zero-order valence-corrected chi connectivity index (χ0v) is 14.9. The van der Waals surface area contributed by atoms with Gasteiger partial charge < -0.3 is 9.32 Å². The summed E-state index contributed by atoms with van der Waals surface area (Å²) in [4.78, 5) is 22.6. The first kappa shape index (κ1) is 16.5. The third-order valence-electron chi connectivity index (χ3n) is 3.54. The van der Waals surface area contributed by atoms with Gasteiger partial charge in [0, 0.05) is 18.4 Å². The maximum Gasteiger partial charge on any atom is 0.253 e. The molecule has 0 spiro atoms. The van der Waals surface area contributed by atoms with Crippen LogP contribution in [0.15, 0.2) is 27.8 Å². The lowest BCUT2D eigenvalue weighted by Crippen LogP contribution is -2.27. The number of furan rings is 1. The van der Waals surface area contributed by atoms with Crippen LogP contribution in [0.5, 0.6) is 0 Å². The molecule has 0 N–H and O–H groups in total. The zero-order valence-electron chi connectivity index (χ0n) is 14.1. The molecule has 0 aromatic carbocycles. The average molecular weight is 345 g/mol. The SMILES string of the molecule is Cc1cc(C)n2nc(SCC(=O)N(C)Cc3ccc(C)o3)nc2n1. The van der Waals surface area contributed by atoms with Crippen molar-refractivity contribution in [3.8, 4) is 0 Å². The van der Waals surface area contributed by atoms with E-state index >= 15 is 0 Å². The van der Waals surface area contributed by atoms with E-state index in [1.165, 1.54) is 11.8 Å². The molecule has 0 unspecified atom stereocenters. The van der Waals surface area contributed by atoms with E-state index in [4.69, 9.17) is 4.42 Å². The molecule has 0 aliphatic carbocycles. The molecule has 7 nitrogen and oxygen atoms in total. The van der Waals surface area contributed by atoms with Gasteiger partial charge in [0.2, 0.25) is 11.1 Å². The van der Waals surface area contributed by atoms with Gasteiger partial charge in [0.1, 0.15) is 11.5 Å². The molecule has 0 atom stereocenters. The molecule has 3 aromatic rings. The van der Waals surface area contributed by atoms with Crippen LogP contribution in [-0.2, 0) is 11.3 Å². The number of hydrogen-bond donors (Lipinski definition) is 0. The Morgan fingerprint density at radius 2 is 2.08 bits per heavy atom. The summed E-state index contributed by atoms with van der Waals surface area (Å²) in [5, 5.41) is 4.94. The summed E-state index contributed by atoms with van der Waals surface area (Å²) in [6, 6.07) is 5.72. The molecular weight excluding hydrogens is 326 g/mol. The third-order valence-corrected chi connectivity index (χ3v) is 4.36. The Bertz CT molecular complexity index is 886. The first-order chi connectivity index (χ1) is 11.4. The molecule has 8 heteroatoms. The topological polar surface area (TPSA) is 76.5 Å². The maximum absolute atomic E-state index is 12.2. The maximum atomic E-state index is 12.2. The van der Waals surface area contributed by atoms with Crippen LogP contribution in [0.3, 0.4) is 0 Å². The molecule has 3 aromatic heterocycles. The van der Waals surface area contributed by atoms with E-state index in [9.17, 15) is 4.79 Å². The van der Waals surface area contributed by atoms with Crippen molar-refractivity contribution in [2.75, 3.05) is 12.8 Å². The lowest BCUT2D eigenvalue weighted by molar-refractivity contribution is -0.127. The second-order valence-electron chi connectivity index (χ2n) is 5.70. The lowest BCUT2D eigenvalue weighted by atomic mass is 10.4. The Morgan fingerprint density at radius 1 is 1.29 bits per heavy atom. The van der Waals surface area contributed by atoms with Gasteiger partial charge in [0.25, 0.3) is 5.78 Å². The van der Waals surface area contributed by atoms with Crippen molar-refractivity contribution in [2.24, 2.45) is 0 Å². The summed E-state index contributed by atoms with van der Waals surface area (Å²) in [7, 11) is 1.76. The van der Waals surface area contributed by atoms with Crippen LogP contribution in [0, 0.1) is 20.8 Å². The number of aromatic nitrogens is 4. The Kier molecular flexibility index (Phi) is 4.57. The molecule has 3 rings (SSSR count). The highest BCUT2D eigenvalue weighted by Crippen LogP contribution is 2.16. The molecule has 1 amide bonds. The highest BCUT2D eigenvalue weighted by Gasteiger charge is 2.14. The quantitative estimate of drug-likeness (QED) is 0.661. The number of aryl methyl sites for hydroxylation is 3. The zero-order chi connectivity index (χ0) is 17.3. The van der Waals surface area contributed by atoms with Gasteiger partial charge in [-0.2, -0.15) is 4.98 Å². The molecule has 0 fully saturated rings. The molecule has 126 valence electrons. The van der Waals surface area contributed by atoms with Gasteiger partial charge in [0.15, 0.2) is 0 Å². The number of amides is 1. The van der Waals surface area contributed by atoms with E-state index < -0.39 is 0 Å². The molecule has 3 heterocycles. The van der Waals surface area contributed by atoms with E-state index in [2.05, 4.69) is 15.1 Å². The van der Waals surface area contributed by atoms with Crippen molar-refractivity contribution >= 4 is 23.4 Å². The third kappa shape index (κ3) is 3.59. The minimum atomic E-state index is -0.00577. The Labute approximate surface area is 144 Å². The average Bonchev–Trinajstić information content (AvgIpc) is 3.10. The molecular formula is C16H19N5O2S. The minimum absolute atomic E-state index is 0.00577. The lowest BCUT2D eigenvalue weighted by Gasteiger charge is -2.14. The summed E-state index contributed by atoms with van der Waals surface area (Å²) in [6.07, 6.45) is 0. The van der Waals surface area contributed by atoms with Crippen LogP contribution in [0.4, 0.5) is 0 Å². The molecule has 0 saturated carbocycles. The van der Waals surface area contributed by atoms with Gasteiger partial charge in [-0.05, 0) is 39.0 Å². The highest BCUT2D eigenvalue weighted by atomic mass is 32.2. The molecule has 0 bridgehead atoms. The number of thioether (sulfide) groups is 1. The summed E-state index contributed by atoms with van der Waals surface area (Å²) in [6.45, 7) is 6.21. The molecule has 24 heavy (non-hydrogen) atoms. The van der Waals surface area contributed by atoms with Gasteiger partial charge in [-0.25, -0.2) is 9.50 Å². The van der Waals surface area contributed by atoms with Crippen LogP contribution >= 0.6 is 11.8 Å². The van der Waals surface area contributed by atoms with Crippen molar-refractivity contribution in [3.63, 3.8) is 0 Å². The number of carbonyl (C=O) groups is 1. The Balaban J connectivity index is 1.62. The fourth-order valence-corrected chi connectivity index (χ4v) is 3.10. The monoisotopic (exact) mass is 345 g/mol. The standard InChI is InChI=1S/C16H19N5O2S/c1-10-7-11(2)21-15(17-10)18-16(19-21)24-9-14(22)20(4)8-13-6-5-12(3)23-13/h5-7H,8-9H2,1-4H3. The molecule has 0 aliphatic rings. The Morgan fingerprint density at radius 3 is 2.79 bits per heavy atom. The number of rotatable bonds is 5. The summed E-state index contributed by atoms with van der Waals surface area (Å²) < 4.78 is 7.18. The fraction of sp³-hybridized carbons (Fsp3) is 0.375. The van der Waals surface area contributed by atoms with Crippen molar-refractivity contribution < 1.29 is 9.21 Å². The number of nitrogens with zero attached hydrogens (tertiary/aromatic N) is 5. The van der Waals surface area contributed by atoms with Gasteiger partial charge in [0.05, 0.1) is 12.3 Å².